The molecule has 0 bridgehead atoms. The molecular formula is C16H15N5O3S. The van der Waals surface area contributed by atoms with Gasteiger partial charge in [0, 0.05) is 5.56 Å². The van der Waals surface area contributed by atoms with Crippen molar-refractivity contribution in [3.05, 3.63) is 52.1 Å². The van der Waals surface area contributed by atoms with Gasteiger partial charge in [0.15, 0.2) is 0 Å². The molecule has 25 heavy (non-hydrogen) atoms. The quantitative estimate of drug-likeness (QED) is 0.618. The fraction of sp³-hybridized carbons (Fsp3) is 0.125. The normalized spacial score (nSPS) is 10.3. The van der Waals surface area contributed by atoms with Gasteiger partial charge in [-0.05, 0) is 37.3 Å². The average molecular weight is 357 g/mol. The third-order valence-electron chi connectivity index (χ3n) is 3.45. The number of benzene rings is 1. The van der Waals surface area contributed by atoms with Gasteiger partial charge in [-0.3, -0.25) is 25.5 Å². The number of carbonyl (C=O) groups is 2. The van der Waals surface area contributed by atoms with Crippen molar-refractivity contribution < 1.29 is 14.3 Å². The number of aryl methyl sites for hydroxylation is 1. The third kappa shape index (κ3) is 3.66. The molecule has 8 nitrogen and oxygen atoms in total. The lowest BCUT2D eigenvalue weighted by Gasteiger charge is -2.04. The minimum Gasteiger partial charge on any atom is -0.497 e. The molecule has 0 saturated carbocycles. The van der Waals surface area contributed by atoms with Crippen LogP contribution >= 0.6 is 11.3 Å². The Morgan fingerprint density at radius 3 is 2.52 bits per heavy atom. The number of aromatic nitrogens is 3. The highest BCUT2D eigenvalue weighted by Gasteiger charge is 2.15. The third-order valence-corrected chi connectivity index (χ3v) is 4.38. The van der Waals surface area contributed by atoms with Crippen molar-refractivity contribution in [2.45, 2.75) is 6.92 Å². The molecule has 3 aromatic rings. The molecule has 0 spiro atoms. The van der Waals surface area contributed by atoms with Gasteiger partial charge in [-0.25, -0.2) is 4.98 Å². The van der Waals surface area contributed by atoms with Crippen LogP contribution in [0.25, 0.3) is 11.3 Å². The first kappa shape index (κ1) is 16.7. The van der Waals surface area contributed by atoms with E-state index in [9.17, 15) is 9.59 Å². The van der Waals surface area contributed by atoms with Crippen molar-refractivity contribution in [1.29, 1.82) is 0 Å². The number of aromatic amines is 1. The number of hydrogen-bond donors (Lipinski definition) is 3. The SMILES string of the molecule is COc1ccc(-c2cc(C(=O)NNC(=O)c3scnc3C)[nH]n2)cc1. The second-order valence-corrected chi connectivity index (χ2v) is 5.93. The maximum Gasteiger partial charge on any atom is 0.287 e. The van der Waals surface area contributed by atoms with Gasteiger partial charge in [0.05, 0.1) is 24.0 Å². The lowest BCUT2D eigenvalue weighted by molar-refractivity contribution is 0.0845. The first-order valence-corrected chi connectivity index (χ1v) is 8.17. The first-order valence-electron chi connectivity index (χ1n) is 7.29. The number of hydrogen-bond acceptors (Lipinski definition) is 6. The fourth-order valence-electron chi connectivity index (χ4n) is 2.11. The number of nitrogens with one attached hydrogen (secondary N) is 3. The maximum atomic E-state index is 12.1. The number of rotatable bonds is 4. The summed E-state index contributed by atoms with van der Waals surface area (Å²) in [7, 11) is 1.59. The number of methoxy groups -OCH3 is 1. The Morgan fingerprint density at radius 1 is 1.16 bits per heavy atom. The van der Waals surface area contributed by atoms with Gasteiger partial charge in [-0.1, -0.05) is 0 Å². The molecule has 0 aliphatic rings. The van der Waals surface area contributed by atoms with Gasteiger partial charge in [-0.2, -0.15) is 5.10 Å². The maximum absolute atomic E-state index is 12.1. The van der Waals surface area contributed by atoms with Crippen molar-refractivity contribution in [3.63, 3.8) is 0 Å². The molecule has 1 aromatic carbocycles. The predicted octanol–water partition coefficient (Wildman–Crippen LogP) is 1.93. The summed E-state index contributed by atoms with van der Waals surface area (Å²) in [4.78, 5) is 28.5. The zero-order valence-corrected chi connectivity index (χ0v) is 14.3. The number of carbonyl (C=O) groups excluding carboxylic acids is 2. The highest BCUT2D eigenvalue weighted by atomic mass is 32.1. The number of thiazole rings is 1. The topological polar surface area (TPSA) is 109 Å². The first-order chi connectivity index (χ1) is 12.1. The molecule has 2 aromatic heterocycles. The van der Waals surface area contributed by atoms with E-state index < -0.39 is 11.8 Å². The van der Waals surface area contributed by atoms with E-state index in [1.165, 1.54) is 11.3 Å². The minimum absolute atomic E-state index is 0.229. The standard InChI is InChI=1S/C16H15N5O3S/c1-9-14(25-8-17-9)16(23)21-20-15(22)13-7-12(18-19-13)10-3-5-11(24-2)6-4-10/h3-8H,1-2H3,(H,18,19)(H,20,22)(H,21,23). The Labute approximate surface area is 147 Å². The van der Waals surface area contributed by atoms with E-state index in [1.807, 2.05) is 12.1 Å². The lowest BCUT2D eigenvalue weighted by atomic mass is 10.1. The van der Waals surface area contributed by atoms with Gasteiger partial charge in [0.25, 0.3) is 11.8 Å². The Balaban J connectivity index is 1.64. The van der Waals surface area contributed by atoms with Crippen LogP contribution in [0.5, 0.6) is 5.75 Å². The largest absolute Gasteiger partial charge is 0.497 e. The number of H-pyrrole nitrogens is 1. The van der Waals surface area contributed by atoms with Crippen molar-refractivity contribution >= 4 is 23.2 Å². The minimum atomic E-state index is -0.497. The molecule has 0 aliphatic carbocycles. The summed E-state index contributed by atoms with van der Waals surface area (Å²) in [6, 6.07) is 8.89. The Hall–Kier alpha value is -3.20. The Bertz CT molecular complexity index is 901. The van der Waals surface area contributed by atoms with Crippen LogP contribution in [0.4, 0.5) is 0 Å². The summed E-state index contributed by atoms with van der Waals surface area (Å²) < 4.78 is 5.11. The van der Waals surface area contributed by atoms with Crippen LogP contribution in [-0.2, 0) is 0 Å². The second-order valence-electron chi connectivity index (χ2n) is 5.07. The van der Waals surface area contributed by atoms with E-state index in [1.54, 1.807) is 37.7 Å². The van der Waals surface area contributed by atoms with E-state index in [4.69, 9.17) is 4.74 Å². The van der Waals surface area contributed by atoms with E-state index in [2.05, 4.69) is 26.0 Å². The lowest BCUT2D eigenvalue weighted by Crippen LogP contribution is -2.41. The summed E-state index contributed by atoms with van der Waals surface area (Å²) in [6.45, 7) is 1.73. The van der Waals surface area contributed by atoms with Crippen molar-refractivity contribution in [2.24, 2.45) is 0 Å². The fourth-order valence-corrected chi connectivity index (χ4v) is 2.80. The zero-order valence-electron chi connectivity index (χ0n) is 13.5. The molecule has 2 amide bonds. The molecule has 0 aliphatic heterocycles. The summed E-state index contributed by atoms with van der Waals surface area (Å²) in [5, 5.41) is 6.75. The molecule has 0 unspecified atom stereocenters. The molecule has 128 valence electrons. The van der Waals surface area contributed by atoms with Crippen LogP contribution in [0.3, 0.4) is 0 Å². The van der Waals surface area contributed by atoms with Gasteiger partial charge >= 0.3 is 0 Å². The molecule has 2 heterocycles. The molecular weight excluding hydrogens is 342 g/mol. The van der Waals surface area contributed by atoms with Crippen LogP contribution in [0.15, 0.2) is 35.8 Å². The van der Waals surface area contributed by atoms with Crippen molar-refractivity contribution in [3.8, 4) is 17.0 Å². The van der Waals surface area contributed by atoms with Crippen molar-refractivity contribution in [2.75, 3.05) is 7.11 Å². The summed E-state index contributed by atoms with van der Waals surface area (Å²) in [6.07, 6.45) is 0. The molecule has 3 N–H and O–H groups in total. The van der Waals surface area contributed by atoms with Gasteiger partial charge in [0.1, 0.15) is 16.3 Å². The van der Waals surface area contributed by atoms with Crippen LogP contribution in [0.2, 0.25) is 0 Å². The molecule has 0 atom stereocenters. The van der Waals surface area contributed by atoms with Gasteiger partial charge in [0.2, 0.25) is 0 Å². The molecule has 9 heteroatoms. The molecule has 3 rings (SSSR count). The van der Waals surface area contributed by atoms with Crippen molar-refractivity contribution in [1.82, 2.24) is 26.0 Å². The van der Waals surface area contributed by atoms with E-state index in [0.717, 1.165) is 11.3 Å². The summed E-state index contributed by atoms with van der Waals surface area (Å²) >= 11 is 1.20. The van der Waals surface area contributed by atoms with Crippen LogP contribution < -0.4 is 15.6 Å². The number of amides is 2. The smallest absolute Gasteiger partial charge is 0.287 e. The van der Waals surface area contributed by atoms with Gasteiger partial charge < -0.3 is 4.74 Å². The summed E-state index contributed by atoms with van der Waals surface area (Å²) in [5.41, 5.74) is 8.56. The van der Waals surface area contributed by atoms with E-state index >= 15 is 0 Å². The second kappa shape index (κ2) is 7.14. The van der Waals surface area contributed by atoms with Gasteiger partial charge in [-0.15, -0.1) is 11.3 Å². The summed E-state index contributed by atoms with van der Waals surface area (Å²) in [5.74, 6) is -0.177. The molecule has 0 radical (unpaired) electrons. The highest BCUT2D eigenvalue weighted by molar-refractivity contribution is 7.11. The molecule has 0 saturated heterocycles. The van der Waals surface area contributed by atoms with E-state index in [-0.39, 0.29) is 5.69 Å². The van der Waals surface area contributed by atoms with E-state index in [0.29, 0.717) is 16.3 Å². The molecule has 0 fully saturated rings. The average Bonchev–Trinajstić information content (AvgIpc) is 3.28. The number of nitrogens with zero attached hydrogens (tertiary/aromatic N) is 2. The Kier molecular flexibility index (Phi) is 4.75. The number of ether oxygens (including phenoxy) is 1. The monoisotopic (exact) mass is 357 g/mol. The zero-order chi connectivity index (χ0) is 17.8. The van der Waals surface area contributed by atoms with Crippen LogP contribution in [0, 0.1) is 6.92 Å². The highest BCUT2D eigenvalue weighted by Crippen LogP contribution is 2.21. The number of hydrazine groups is 1. The predicted molar refractivity (Wildman–Crippen MR) is 92.4 cm³/mol. The van der Waals surface area contributed by atoms with Crippen LogP contribution in [0.1, 0.15) is 25.9 Å². The Morgan fingerprint density at radius 2 is 1.88 bits per heavy atom. The van der Waals surface area contributed by atoms with Crippen LogP contribution in [-0.4, -0.2) is 34.1 Å².